The minimum Gasteiger partial charge on any atom is -0.497 e. The molecule has 1 aliphatic heterocycles. The molecular formula is C29H32N2O3S. The Kier molecular flexibility index (Phi) is 6.91. The number of nitrogens with zero attached hydrogens (tertiary/aromatic N) is 2. The zero-order chi connectivity index (χ0) is 24.4. The fourth-order valence-corrected chi connectivity index (χ4v) is 6.20. The first kappa shape index (κ1) is 23.6. The van der Waals surface area contributed by atoms with E-state index in [9.17, 15) is 9.59 Å². The SMILES string of the molecule is CCCN(CC(=O)N1CCc2sccc2C1c1ccc(OC)cc1)C(=O)C1CC1c1ccccc1. The Labute approximate surface area is 211 Å². The number of benzene rings is 2. The molecule has 2 aromatic carbocycles. The van der Waals surface area contributed by atoms with Crippen molar-refractivity contribution in [3.8, 4) is 5.75 Å². The molecule has 3 aromatic rings. The number of carbonyl (C=O) groups excluding carboxylic acids is 2. The van der Waals surface area contributed by atoms with Gasteiger partial charge in [0.1, 0.15) is 5.75 Å². The van der Waals surface area contributed by atoms with Gasteiger partial charge < -0.3 is 14.5 Å². The Balaban J connectivity index is 1.34. The van der Waals surface area contributed by atoms with E-state index in [1.807, 2.05) is 47.4 Å². The molecule has 35 heavy (non-hydrogen) atoms. The average molecular weight is 489 g/mol. The third-order valence-electron chi connectivity index (χ3n) is 7.18. The van der Waals surface area contributed by atoms with Crippen LogP contribution in [0.1, 0.15) is 53.3 Å². The number of carbonyl (C=O) groups is 2. The molecule has 2 heterocycles. The van der Waals surface area contributed by atoms with Gasteiger partial charge in [-0.15, -0.1) is 11.3 Å². The van der Waals surface area contributed by atoms with Gasteiger partial charge in [-0.1, -0.05) is 49.4 Å². The molecule has 3 unspecified atom stereocenters. The molecule has 182 valence electrons. The largest absolute Gasteiger partial charge is 0.497 e. The molecule has 2 aliphatic rings. The molecule has 6 heteroatoms. The summed E-state index contributed by atoms with van der Waals surface area (Å²) in [5.41, 5.74) is 3.48. The van der Waals surface area contributed by atoms with Gasteiger partial charge in [0.05, 0.1) is 19.7 Å². The van der Waals surface area contributed by atoms with Crippen LogP contribution >= 0.6 is 11.3 Å². The molecule has 1 fully saturated rings. The number of hydrogen-bond donors (Lipinski definition) is 0. The van der Waals surface area contributed by atoms with Crippen LogP contribution in [0.15, 0.2) is 66.0 Å². The van der Waals surface area contributed by atoms with E-state index in [1.54, 1.807) is 23.3 Å². The van der Waals surface area contributed by atoms with Crippen LogP contribution in [0.25, 0.3) is 0 Å². The summed E-state index contributed by atoms with van der Waals surface area (Å²) in [6.45, 7) is 3.46. The summed E-state index contributed by atoms with van der Waals surface area (Å²) in [6, 6.07) is 20.2. The number of methoxy groups -OCH3 is 1. The molecule has 0 saturated heterocycles. The monoisotopic (exact) mass is 488 g/mol. The van der Waals surface area contributed by atoms with E-state index in [-0.39, 0.29) is 36.2 Å². The summed E-state index contributed by atoms with van der Waals surface area (Å²) < 4.78 is 5.34. The first-order valence-corrected chi connectivity index (χ1v) is 13.3. The number of fused-ring (bicyclic) bond motifs is 1. The zero-order valence-electron chi connectivity index (χ0n) is 20.4. The second-order valence-electron chi connectivity index (χ2n) is 9.43. The normalized spacial score (nSPS) is 20.7. The highest BCUT2D eigenvalue weighted by Crippen LogP contribution is 2.48. The van der Waals surface area contributed by atoms with E-state index in [4.69, 9.17) is 4.74 Å². The van der Waals surface area contributed by atoms with Crippen molar-refractivity contribution in [2.75, 3.05) is 26.7 Å². The van der Waals surface area contributed by atoms with Crippen LogP contribution in [0, 0.1) is 5.92 Å². The number of amides is 2. The summed E-state index contributed by atoms with van der Waals surface area (Å²) in [7, 11) is 1.66. The third-order valence-corrected chi connectivity index (χ3v) is 8.18. The van der Waals surface area contributed by atoms with Gasteiger partial charge in [0, 0.05) is 23.9 Å². The third kappa shape index (κ3) is 4.85. The molecule has 1 saturated carbocycles. The number of thiophene rings is 1. The standard InChI is InChI=1S/C29H32N2O3S/c1-3-15-30(29(33)25-18-24(25)20-7-5-4-6-8-20)19-27(32)31-16-13-26-23(14-17-35-26)28(31)21-9-11-22(34-2)12-10-21/h4-12,14,17,24-25,28H,3,13,15-16,18-19H2,1-2H3. The van der Waals surface area contributed by atoms with Crippen molar-refractivity contribution in [3.05, 3.63) is 87.6 Å². The molecule has 2 amide bonds. The molecule has 3 atom stereocenters. The Morgan fingerprint density at radius 3 is 2.54 bits per heavy atom. The lowest BCUT2D eigenvalue weighted by molar-refractivity contribution is -0.142. The molecule has 1 aliphatic carbocycles. The van der Waals surface area contributed by atoms with Crippen LogP contribution in [-0.4, -0.2) is 48.4 Å². The second-order valence-corrected chi connectivity index (χ2v) is 10.4. The van der Waals surface area contributed by atoms with Crippen molar-refractivity contribution < 1.29 is 14.3 Å². The van der Waals surface area contributed by atoms with Crippen molar-refractivity contribution in [1.82, 2.24) is 9.80 Å². The first-order valence-electron chi connectivity index (χ1n) is 12.4. The predicted molar refractivity (Wildman–Crippen MR) is 139 cm³/mol. The smallest absolute Gasteiger partial charge is 0.242 e. The molecule has 0 bridgehead atoms. The van der Waals surface area contributed by atoms with Crippen molar-refractivity contribution in [1.29, 1.82) is 0 Å². The average Bonchev–Trinajstić information content (AvgIpc) is 3.56. The van der Waals surface area contributed by atoms with Crippen LogP contribution in [-0.2, 0) is 16.0 Å². The predicted octanol–water partition coefficient (Wildman–Crippen LogP) is 5.27. The van der Waals surface area contributed by atoms with E-state index in [0.717, 1.165) is 30.6 Å². The fourth-order valence-electron chi connectivity index (χ4n) is 5.29. The molecular weight excluding hydrogens is 456 g/mol. The summed E-state index contributed by atoms with van der Waals surface area (Å²) in [6.07, 6.45) is 2.55. The number of rotatable bonds is 8. The molecule has 1 aromatic heterocycles. The minimum atomic E-state index is -0.139. The van der Waals surface area contributed by atoms with Crippen LogP contribution in [0.3, 0.4) is 0 Å². The van der Waals surface area contributed by atoms with Gasteiger partial charge in [-0.25, -0.2) is 0 Å². The van der Waals surface area contributed by atoms with Crippen LogP contribution < -0.4 is 4.74 Å². The van der Waals surface area contributed by atoms with Crippen molar-refractivity contribution in [2.45, 2.75) is 38.1 Å². The van der Waals surface area contributed by atoms with Gasteiger partial charge in [-0.3, -0.25) is 9.59 Å². The topological polar surface area (TPSA) is 49.9 Å². The first-order chi connectivity index (χ1) is 17.1. The maximum atomic E-state index is 13.7. The van der Waals surface area contributed by atoms with Crippen molar-refractivity contribution in [2.24, 2.45) is 5.92 Å². The van der Waals surface area contributed by atoms with Gasteiger partial charge >= 0.3 is 0 Å². The highest BCUT2D eigenvalue weighted by Gasteiger charge is 2.46. The molecule has 0 radical (unpaired) electrons. The Morgan fingerprint density at radius 1 is 1.06 bits per heavy atom. The van der Waals surface area contributed by atoms with E-state index in [2.05, 4.69) is 30.5 Å². The second kappa shape index (κ2) is 10.2. The van der Waals surface area contributed by atoms with E-state index in [0.29, 0.717) is 13.1 Å². The fraction of sp³-hybridized carbons (Fsp3) is 0.379. The molecule has 5 rings (SSSR count). The lowest BCUT2D eigenvalue weighted by Crippen LogP contribution is -2.47. The summed E-state index contributed by atoms with van der Waals surface area (Å²) in [4.78, 5) is 32.2. The lowest BCUT2D eigenvalue weighted by Gasteiger charge is -2.37. The Hall–Kier alpha value is -3.12. The highest BCUT2D eigenvalue weighted by atomic mass is 32.1. The molecule has 0 N–H and O–H groups in total. The molecule has 0 spiro atoms. The van der Waals surface area contributed by atoms with Gasteiger partial charge in [0.15, 0.2) is 0 Å². The highest BCUT2D eigenvalue weighted by molar-refractivity contribution is 7.10. The van der Waals surface area contributed by atoms with Crippen molar-refractivity contribution >= 4 is 23.2 Å². The maximum Gasteiger partial charge on any atom is 0.242 e. The van der Waals surface area contributed by atoms with E-state index < -0.39 is 0 Å². The zero-order valence-corrected chi connectivity index (χ0v) is 21.2. The Bertz CT molecular complexity index is 1170. The molecule has 5 nitrogen and oxygen atoms in total. The van der Waals surface area contributed by atoms with Gasteiger partial charge in [-0.2, -0.15) is 0 Å². The van der Waals surface area contributed by atoms with Crippen molar-refractivity contribution in [3.63, 3.8) is 0 Å². The van der Waals surface area contributed by atoms with E-state index in [1.165, 1.54) is 16.0 Å². The minimum absolute atomic E-state index is 0.0148. The van der Waals surface area contributed by atoms with Crippen LogP contribution in [0.4, 0.5) is 0 Å². The quantitative estimate of drug-likeness (QED) is 0.434. The van der Waals surface area contributed by atoms with Crippen LogP contribution in [0.5, 0.6) is 5.75 Å². The number of ether oxygens (including phenoxy) is 1. The van der Waals surface area contributed by atoms with Gasteiger partial charge in [0.25, 0.3) is 0 Å². The van der Waals surface area contributed by atoms with Gasteiger partial charge in [0.2, 0.25) is 11.8 Å². The van der Waals surface area contributed by atoms with Gasteiger partial charge in [-0.05, 0) is 65.4 Å². The van der Waals surface area contributed by atoms with E-state index >= 15 is 0 Å². The maximum absolute atomic E-state index is 13.7. The Morgan fingerprint density at radius 2 is 1.83 bits per heavy atom. The van der Waals surface area contributed by atoms with Crippen LogP contribution in [0.2, 0.25) is 0 Å². The summed E-state index contributed by atoms with van der Waals surface area (Å²) in [5.74, 6) is 1.18. The lowest BCUT2D eigenvalue weighted by atomic mass is 9.93. The summed E-state index contributed by atoms with van der Waals surface area (Å²) >= 11 is 1.76. The number of hydrogen-bond acceptors (Lipinski definition) is 4. The summed E-state index contributed by atoms with van der Waals surface area (Å²) in [5, 5.41) is 2.11.